The normalized spacial score (nSPS) is 17.8. The van der Waals surface area contributed by atoms with Crippen LogP contribution >= 0.6 is 0 Å². The maximum Gasteiger partial charge on any atom is 0.243 e. The van der Waals surface area contributed by atoms with E-state index in [1.165, 1.54) is 28.6 Å². The molecule has 1 fully saturated rings. The second-order valence-electron chi connectivity index (χ2n) is 6.01. The van der Waals surface area contributed by atoms with Gasteiger partial charge in [-0.1, -0.05) is 0 Å². The van der Waals surface area contributed by atoms with Gasteiger partial charge in [-0.15, -0.1) is 0 Å². The van der Waals surface area contributed by atoms with Gasteiger partial charge in [-0.3, -0.25) is 9.58 Å². The Morgan fingerprint density at radius 3 is 2.54 bits per heavy atom. The van der Waals surface area contributed by atoms with Crippen LogP contribution in [0.25, 0.3) is 0 Å². The monoisotopic (exact) mass is 352 g/mol. The summed E-state index contributed by atoms with van der Waals surface area (Å²) in [7, 11) is -1.69. The fourth-order valence-corrected chi connectivity index (χ4v) is 4.38. The van der Waals surface area contributed by atoms with Gasteiger partial charge < -0.3 is 0 Å². The third-order valence-electron chi connectivity index (χ3n) is 4.16. The molecule has 2 heterocycles. The Hall–Kier alpha value is -1.77. The molecule has 0 N–H and O–H groups in total. The van der Waals surface area contributed by atoms with E-state index in [9.17, 15) is 12.8 Å². The summed E-state index contributed by atoms with van der Waals surface area (Å²) in [6.45, 7) is 3.17. The molecule has 1 aromatic carbocycles. The Bertz CT molecular complexity index is 789. The second-order valence-corrected chi connectivity index (χ2v) is 7.95. The highest BCUT2D eigenvalue weighted by atomic mass is 32.2. The summed E-state index contributed by atoms with van der Waals surface area (Å²) in [4.78, 5) is 2.38. The van der Waals surface area contributed by atoms with Crippen molar-refractivity contribution in [3.63, 3.8) is 0 Å². The highest BCUT2D eigenvalue weighted by Crippen LogP contribution is 2.18. The number of aryl methyl sites for hydroxylation is 1. The Morgan fingerprint density at radius 1 is 1.12 bits per heavy atom. The SMILES string of the molecule is Cn1cc(CN2CCCN(S(=O)(=O)c3ccc(F)cc3)CC2)cn1. The van der Waals surface area contributed by atoms with Gasteiger partial charge in [0.1, 0.15) is 5.82 Å². The van der Waals surface area contributed by atoms with Crippen molar-refractivity contribution in [1.29, 1.82) is 0 Å². The molecular formula is C16H21FN4O2S. The topological polar surface area (TPSA) is 58.4 Å². The zero-order valence-corrected chi connectivity index (χ0v) is 14.4. The minimum absolute atomic E-state index is 0.143. The van der Waals surface area contributed by atoms with Crippen molar-refractivity contribution in [1.82, 2.24) is 19.0 Å². The van der Waals surface area contributed by atoms with Gasteiger partial charge in [0, 0.05) is 45.0 Å². The lowest BCUT2D eigenvalue weighted by Gasteiger charge is -2.21. The molecule has 0 amide bonds. The number of benzene rings is 1. The molecule has 0 unspecified atom stereocenters. The molecule has 0 saturated carbocycles. The number of rotatable bonds is 4. The molecule has 0 spiro atoms. The molecule has 1 aliphatic rings. The number of hydrogen-bond donors (Lipinski definition) is 0. The van der Waals surface area contributed by atoms with Gasteiger partial charge in [0.15, 0.2) is 0 Å². The highest BCUT2D eigenvalue weighted by Gasteiger charge is 2.26. The Morgan fingerprint density at radius 2 is 1.88 bits per heavy atom. The van der Waals surface area contributed by atoms with E-state index in [1.54, 1.807) is 4.68 Å². The molecule has 0 bridgehead atoms. The molecule has 3 rings (SSSR count). The van der Waals surface area contributed by atoms with Gasteiger partial charge in [-0.05, 0) is 37.2 Å². The number of aromatic nitrogens is 2. The first-order valence-corrected chi connectivity index (χ1v) is 9.35. The summed E-state index contributed by atoms with van der Waals surface area (Å²) in [5.74, 6) is -0.438. The molecule has 0 radical (unpaired) electrons. The van der Waals surface area contributed by atoms with E-state index >= 15 is 0 Å². The summed E-state index contributed by atoms with van der Waals surface area (Å²) >= 11 is 0. The average molecular weight is 352 g/mol. The summed E-state index contributed by atoms with van der Waals surface area (Å²) in [6, 6.07) is 5.00. The number of sulfonamides is 1. The summed E-state index contributed by atoms with van der Waals surface area (Å²) in [5.41, 5.74) is 1.12. The molecule has 1 saturated heterocycles. The van der Waals surface area contributed by atoms with E-state index in [2.05, 4.69) is 10.00 Å². The van der Waals surface area contributed by atoms with Crippen LogP contribution in [-0.4, -0.2) is 53.6 Å². The van der Waals surface area contributed by atoms with Crippen LogP contribution in [0, 0.1) is 5.82 Å². The lowest BCUT2D eigenvalue weighted by molar-refractivity contribution is 0.278. The van der Waals surface area contributed by atoms with Crippen LogP contribution < -0.4 is 0 Å². The number of halogens is 1. The van der Waals surface area contributed by atoms with E-state index in [-0.39, 0.29) is 4.90 Å². The largest absolute Gasteiger partial charge is 0.298 e. The lowest BCUT2D eigenvalue weighted by Crippen LogP contribution is -2.35. The molecule has 6 nitrogen and oxygen atoms in total. The zero-order valence-electron chi connectivity index (χ0n) is 13.6. The lowest BCUT2D eigenvalue weighted by atomic mass is 10.3. The first-order valence-electron chi connectivity index (χ1n) is 7.91. The van der Waals surface area contributed by atoms with E-state index < -0.39 is 15.8 Å². The second kappa shape index (κ2) is 7.00. The van der Waals surface area contributed by atoms with Gasteiger partial charge in [0.2, 0.25) is 10.0 Å². The predicted molar refractivity (Wildman–Crippen MR) is 88.3 cm³/mol. The minimum Gasteiger partial charge on any atom is -0.298 e. The molecule has 24 heavy (non-hydrogen) atoms. The van der Waals surface area contributed by atoms with E-state index in [0.29, 0.717) is 19.6 Å². The summed E-state index contributed by atoms with van der Waals surface area (Å²) < 4.78 is 41.7. The zero-order chi connectivity index (χ0) is 17.2. The van der Waals surface area contributed by atoms with E-state index in [4.69, 9.17) is 0 Å². The quantitative estimate of drug-likeness (QED) is 0.836. The Balaban J connectivity index is 1.67. The van der Waals surface area contributed by atoms with Gasteiger partial charge in [-0.2, -0.15) is 9.40 Å². The van der Waals surface area contributed by atoms with Gasteiger partial charge >= 0.3 is 0 Å². The van der Waals surface area contributed by atoms with Crippen LogP contribution in [0.2, 0.25) is 0 Å². The first kappa shape index (κ1) is 17.1. The van der Waals surface area contributed by atoms with Crippen molar-refractivity contribution < 1.29 is 12.8 Å². The molecule has 0 aliphatic carbocycles. The van der Waals surface area contributed by atoms with Crippen LogP contribution in [0.15, 0.2) is 41.6 Å². The fraction of sp³-hybridized carbons (Fsp3) is 0.438. The third-order valence-corrected chi connectivity index (χ3v) is 6.08. The number of hydrogen-bond acceptors (Lipinski definition) is 4. The maximum absolute atomic E-state index is 13.0. The third kappa shape index (κ3) is 3.82. The van der Waals surface area contributed by atoms with Crippen LogP contribution in [-0.2, 0) is 23.6 Å². The molecule has 8 heteroatoms. The maximum atomic E-state index is 13.0. The summed E-state index contributed by atoms with van der Waals surface area (Å²) in [6.07, 6.45) is 4.57. The summed E-state index contributed by atoms with van der Waals surface area (Å²) in [5, 5.41) is 4.16. The van der Waals surface area contributed by atoms with Gasteiger partial charge in [0.05, 0.1) is 11.1 Å². The molecule has 130 valence electrons. The highest BCUT2D eigenvalue weighted by molar-refractivity contribution is 7.89. The number of nitrogens with zero attached hydrogens (tertiary/aromatic N) is 4. The van der Waals surface area contributed by atoms with Crippen molar-refractivity contribution in [2.45, 2.75) is 17.9 Å². The molecule has 0 atom stereocenters. The fourth-order valence-electron chi connectivity index (χ4n) is 2.91. The van der Waals surface area contributed by atoms with Crippen LogP contribution in [0.3, 0.4) is 0 Å². The van der Waals surface area contributed by atoms with Crippen molar-refractivity contribution in [2.75, 3.05) is 26.2 Å². The Labute approximate surface area is 141 Å². The van der Waals surface area contributed by atoms with Crippen molar-refractivity contribution in [2.24, 2.45) is 7.05 Å². The van der Waals surface area contributed by atoms with Crippen LogP contribution in [0.1, 0.15) is 12.0 Å². The molecule has 1 aliphatic heterocycles. The van der Waals surface area contributed by atoms with Crippen molar-refractivity contribution in [3.8, 4) is 0 Å². The predicted octanol–water partition coefficient (Wildman–Crippen LogP) is 1.46. The standard InChI is InChI=1S/C16H21FN4O2S/c1-19-12-14(11-18-19)13-20-7-2-8-21(10-9-20)24(22,23)16-5-3-15(17)4-6-16/h3-6,11-12H,2,7-10,13H2,1H3. The smallest absolute Gasteiger partial charge is 0.243 e. The van der Waals surface area contributed by atoms with Gasteiger partial charge in [-0.25, -0.2) is 12.8 Å². The molecule has 2 aromatic rings. The van der Waals surface area contributed by atoms with Crippen LogP contribution in [0.5, 0.6) is 0 Å². The Kier molecular flexibility index (Phi) is 4.98. The van der Waals surface area contributed by atoms with Crippen LogP contribution in [0.4, 0.5) is 4.39 Å². The average Bonchev–Trinajstić information content (AvgIpc) is 2.81. The van der Waals surface area contributed by atoms with Gasteiger partial charge in [0.25, 0.3) is 0 Å². The molecular weight excluding hydrogens is 331 g/mol. The van der Waals surface area contributed by atoms with Crippen molar-refractivity contribution >= 4 is 10.0 Å². The van der Waals surface area contributed by atoms with E-state index in [1.807, 2.05) is 19.4 Å². The van der Waals surface area contributed by atoms with E-state index in [0.717, 1.165) is 25.1 Å². The first-order chi connectivity index (χ1) is 11.4. The molecule has 1 aromatic heterocycles. The minimum atomic E-state index is -3.57. The van der Waals surface area contributed by atoms with Crippen molar-refractivity contribution in [3.05, 3.63) is 48.0 Å².